The lowest BCUT2D eigenvalue weighted by molar-refractivity contribution is 0.584. The second-order valence-electron chi connectivity index (χ2n) is 4.99. The number of nitrogens with zero attached hydrogens (tertiary/aromatic N) is 1. The van der Waals surface area contributed by atoms with E-state index in [2.05, 4.69) is 57.4 Å². The molecule has 1 heterocycles. The average molecular weight is 413 g/mol. The number of rotatable bonds is 4. The van der Waals surface area contributed by atoms with Gasteiger partial charge in [-0.2, -0.15) is 0 Å². The van der Waals surface area contributed by atoms with E-state index < -0.39 is 0 Å². The molecule has 0 radical (unpaired) electrons. The van der Waals surface area contributed by atoms with Gasteiger partial charge in [-0.1, -0.05) is 30.3 Å². The molecule has 2 N–H and O–H groups in total. The number of fused-ring (bicyclic) bond motifs is 1. The third kappa shape index (κ3) is 3.97. The zero-order valence-electron chi connectivity index (χ0n) is 12.0. The maximum atomic E-state index is 4.27. The fourth-order valence-corrected chi connectivity index (χ4v) is 3.21. The fraction of sp³-hybridized carbons (Fsp3) is 0.312. The van der Waals surface area contributed by atoms with E-state index in [1.54, 1.807) is 11.3 Å². The molecule has 0 bridgehead atoms. The molecule has 21 heavy (non-hydrogen) atoms. The molecule has 5 heteroatoms. The molecule has 2 aromatic rings. The summed E-state index contributed by atoms with van der Waals surface area (Å²) in [5, 5.41) is 8.86. The van der Waals surface area contributed by atoms with Crippen molar-refractivity contribution in [3.05, 3.63) is 57.8 Å². The molecule has 0 spiro atoms. The minimum atomic E-state index is 0. The molecule has 1 aliphatic carbocycles. The van der Waals surface area contributed by atoms with Crippen LogP contribution in [-0.2, 0) is 13.0 Å². The molecule has 112 valence electrons. The van der Waals surface area contributed by atoms with E-state index in [4.69, 9.17) is 0 Å². The minimum Gasteiger partial charge on any atom is -0.356 e. The van der Waals surface area contributed by atoms with E-state index in [1.165, 1.54) is 22.4 Å². The Bertz CT molecular complexity index is 595. The predicted molar refractivity (Wildman–Crippen MR) is 101 cm³/mol. The first-order chi connectivity index (χ1) is 9.86. The van der Waals surface area contributed by atoms with E-state index in [0.29, 0.717) is 5.92 Å². The average Bonchev–Trinajstić information content (AvgIpc) is 2.96. The molecule has 1 atom stereocenters. The summed E-state index contributed by atoms with van der Waals surface area (Å²) in [6.45, 7) is 1.78. The summed E-state index contributed by atoms with van der Waals surface area (Å²) >= 11 is 1.76. The first kappa shape index (κ1) is 16.3. The molecule has 3 rings (SSSR count). The van der Waals surface area contributed by atoms with Crippen LogP contribution >= 0.6 is 35.3 Å². The standard InChI is InChI=1S/C16H19N3S.HI/c1-17-16(19-11-14-6-4-8-20-14)18-10-13-9-12-5-2-3-7-15(12)13;/h2-8,13H,9-11H2,1H3,(H2,17,18,19);1H. The lowest BCUT2D eigenvalue weighted by Gasteiger charge is -2.30. The van der Waals surface area contributed by atoms with Gasteiger partial charge < -0.3 is 10.6 Å². The number of guanidine groups is 1. The van der Waals surface area contributed by atoms with E-state index in [0.717, 1.165) is 19.0 Å². The van der Waals surface area contributed by atoms with E-state index in [9.17, 15) is 0 Å². The van der Waals surface area contributed by atoms with Gasteiger partial charge in [0, 0.05) is 24.4 Å². The Morgan fingerprint density at radius 1 is 1.24 bits per heavy atom. The summed E-state index contributed by atoms with van der Waals surface area (Å²) in [6, 6.07) is 12.9. The third-order valence-corrected chi connectivity index (χ3v) is 4.59. The number of aliphatic imine (C=N–C) groups is 1. The van der Waals surface area contributed by atoms with Crippen LogP contribution in [0.2, 0.25) is 0 Å². The molecular weight excluding hydrogens is 393 g/mol. The van der Waals surface area contributed by atoms with Gasteiger partial charge in [-0.15, -0.1) is 35.3 Å². The zero-order chi connectivity index (χ0) is 13.8. The minimum absolute atomic E-state index is 0. The molecule has 3 nitrogen and oxygen atoms in total. The summed E-state index contributed by atoms with van der Waals surface area (Å²) in [5.41, 5.74) is 2.97. The highest BCUT2D eigenvalue weighted by Gasteiger charge is 2.25. The Morgan fingerprint density at radius 2 is 2.10 bits per heavy atom. The summed E-state index contributed by atoms with van der Waals surface area (Å²) in [4.78, 5) is 5.59. The van der Waals surface area contributed by atoms with Crippen molar-refractivity contribution in [2.45, 2.75) is 18.9 Å². The topological polar surface area (TPSA) is 36.4 Å². The van der Waals surface area contributed by atoms with Gasteiger partial charge in [-0.3, -0.25) is 4.99 Å². The molecule has 0 fully saturated rings. The van der Waals surface area contributed by atoms with Gasteiger partial charge >= 0.3 is 0 Å². The first-order valence-corrected chi connectivity index (χ1v) is 7.79. The van der Waals surface area contributed by atoms with Gasteiger partial charge in [-0.25, -0.2) is 0 Å². The fourth-order valence-electron chi connectivity index (χ4n) is 2.57. The molecule has 0 aliphatic heterocycles. The maximum absolute atomic E-state index is 4.27. The number of hydrogen-bond donors (Lipinski definition) is 2. The number of thiophene rings is 1. The Hall–Kier alpha value is -1.08. The van der Waals surface area contributed by atoms with Gasteiger partial charge in [-0.05, 0) is 29.0 Å². The first-order valence-electron chi connectivity index (χ1n) is 6.91. The van der Waals surface area contributed by atoms with Gasteiger partial charge in [0.2, 0.25) is 0 Å². The van der Waals surface area contributed by atoms with Crippen molar-refractivity contribution in [2.75, 3.05) is 13.6 Å². The lowest BCUT2D eigenvalue weighted by atomic mass is 9.78. The van der Waals surface area contributed by atoms with Crippen LogP contribution in [0.15, 0.2) is 46.8 Å². The Labute approximate surface area is 146 Å². The maximum Gasteiger partial charge on any atom is 0.191 e. The van der Waals surface area contributed by atoms with Crippen molar-refractivity contribution in [1.82, 2.24) is 10.6 Å². The Morgan fingerprint density at radius 3 is 2.81 bits per heavy atom. The molecule has 0 saturated heterocycles. The second-order valence-corrected chi connectivity index (χ2v) is 6.02. The van der Waals surface area contributed by atoms with Crippen molar-refractivity contribution in [3.63, 3.8) is 0 Å². The lowest BCUT2D eigenvalue weighted by Crippen LogP contribution is -2.40. The molecular formula is C16H20IN3S. The van der Waals surface area contributed by atoms with E-state index in [1.807, 2.05) is 7.05 Å². The van der Waals surface area contributed by atoms with Crippen LogP contribution in [0.4, 0.5) is 0 Å². The zero-order valence-corrected chi connectivity index (χ0v) is 15.2. The predicted octanol–water partition coefficient (Wildman–Crippen LogP) is 3.37. The van der Waals surface area contributed by atoms with Gasteiger partial charge in [0.15, 0.2) is 5.96 Å². The molecule has 1 aromatic heterocycles. The molecule has 1 aromatic carbocycles. The van der Waals surface area contributed by atoms with Gasteiger partial charge in [0.05, 0.1) is 6.54 Å². The highest BCUT2D eigenvalue weighted by Crippen LogP contribution is 2.33. The van der Waals surface area contributed by atoms with Gasteiger partial charge in [0.1, 0.15) is 0 Å². The smallest absolute Gasteiger partial charge is 0.191 e. The summed E-state index contributed by atoms with van der Waals surface area (Å²) in [7, 11) is 1.82. The molecule has 0 amide bonds. The molecule has 0 saturated carbocycles. The summed E-state index contributed by atoms with van der Waals surface area (Å²) in [6.07, 6.45) is 1.17. The van der Waals surface area contributed by atoms with Crippen molar-refractivity contribution in [2.24, 2.45) is 4.99 Å². The third-order valence-electron chi connectivity index (χ3n) is 3.71. The van der Waals surface area contributed by atoms with Crippen LogP contribution < -0.4 is 10.6 Å². The van der Waals surface area contributed by atoms with Crippen LogP contribution in [0.3, 0.4) is 0 Å². The SMILES string of the molecule is CN=C(NCc1cccs1)NCC1Cc2ccccc21.I. The van der Waals surface area contributed by atoms with Crippen molar-refractivity contribution < 1.29 is 0 Å². The summed E-state index contributed by atoms with van der Waals surface area (Å²) < 4.78 is 0. The van der Waals surface area contributed by atoms with Crippen LogP contribution in [-0.4, -0.2) is 19.6 Å². The van der Waals surface area contributed by atoms with Gasteiger partial charge in [0.25, 0.3) is 0 Å². The van der Waals surface area contributed by atoms with E-state index >= 15 is 0 Å². The van der Waals surface area contributed by atoms with Crippen LogP contribution in [0.25, 0.3) is 0 Å². The quantitative estimate of drug-likeness (QED) is 0.458. The van der Waals surface area contributed by atoms with Crippen LogP contribution in [0, 0.1) is 0 Å². The highest BCUT2D eigenvalue weighted by molar-refractivity contribution is 14.0. The Kier molecular flexibility index (Phi) is 6.05. The molecule has 1 unspecified atom stereocenters. The van der Waals surface area contributed by atoms with Crippen LogP contribution in [0.1, 0.15) is 21.9 Å². The summed E-state index contributed by atoms with van der Waals surface area (Å²) in [5.74, 6) is 1.49. The largest absolute Gasteiger partial charge is 0.356 e. The molecule has 1 aliphatic rings. The number of hydrogen-bond acceptors (Lipinski definition) is 2. The van der Waals surface area contributed by atoms with Crippen molar-refractivity contribution in [1.29, 1.82) is 0 Å². The normalized spacial score (nSPS) is 16.4. The highest BCUT2D eigenvalue weighted by atomic mass is 127. The number of nitrogens with one attached hydrogen (secondary N) is 2. The number of halogens is 1. The van der Waals surface area contributed by atoms with E-state index in [-0.39, 0.29) is 24.0 Å². The second kappa shape index (κ2) is 7.79. The van der Waals surface area contributed by atoms with Crippen molar-refractivity contribution in [3.8, 4) is 0 Å². The Balaban J connectivity index is 0.00000161. The van der Waals surface area contributed by atoms with Crippen molar-refractivity contribution >= 4 is 41.3 Å². The monoisotopic (exact) mass is 413 g/mol. The van der Waals surface area contributed by atoms with Crippen LogP contribution in [0.5, 0.6) is 0 Å². The number of benzene rings is 1.